The van der Waals surface area contributed by atoms with E-state index in [4.69, 9.17) is 9.47 Å². The van der Waals surface area contributed by atoms with Crippen molar-refractivity contribution < 1.29 is 38.2 Å². The van der Waals surface area contributed by atoms with Crippen molar-refractivity contribution in [2.24, 2.45) is 23.2 Å². The maximum Gasteiger partial charge on any atom is 0.408 e. The van der Waals surface area contributed by atoms with E-state index < -0.39 is 58.9 Å². The lowest BCUT2D eigenvalue weighted by Gasteiger charge is -2.35. The molecule has 49 heavy (non-hydrogen) atoms. The molecule has 3 aliphatic rings. The monoisotopic (exact) mass is 681 g/mol. The Hall–Kier alpha value is -3.76. The third-order valence-electron chi connectivity index (χ3n) is 9.94. The molecule has 1 aromatic carbocycles. The van der Waals surface area contributed by atoms with Gasteiger partial charge in [0.1, 0.15) is 23.3 Å². The molecule has 2 fully saturated rings. The van der Waals surface area contributed by atoms with Gasteiger partial charge in [0.15, 0.2) is 0 Å². The normalized spacial score (nSPS) is 22.3. The summed E-state index contributed by atoms with van der Waals surface area (Å²) in [6.07, 6.45) is 1.30. The molecular weight excluding hydrogens is 626 g/mol. The fraction of sp³-hybridized carbons (Fsp3) is 0.684. The van der Waals surface area contributed by atoms with Crippen LogP contribution >= 0.6 is 0 Å². The standard InChI is InChI=1S/C38H55N3O8/c1-10-14-26(32(44)27(42)17-13-18-28(43)48-36(2,3)4)39-33(45)31-29-25(38(29,8)9)21-41(31)34(46)30(40-35(47)49-37(5,6)7)24-19-22-15-11-12-16-23(22)20-24/h11-12,15-16,24-26,29-31H,10,13-14,17-21H2,1-9H3,(H,39,45)(H,40,47). The first-order valence-electron chi connectivity index (χ1n) is 17.7. The number of fused-ring (bicyclic) bond motifs is 2. The Morgan fingerprint density at radius 2 is 1.49 bits per heavy atom. The number of amides is 3. The van der Waals surface area contributed by atoms with Crippen molar-refractivity contribution in [1.29, 1.82) is 0 Å². The van der Waals surface area contributed by atoms with E-state index in [1.807, 2.05) is 31.2 Å². The minimum absolute atomic E-state index is 0.00294. The van der Waals surface area contributed by atoms with E-state index in [2.05, 4.69) is 24.5 Å². The molecule has 1 aromatic rings. The summed E-state index contributed by atoms with van der Waals surface area (Å²) in [4.78, 5) is 81.6. The maximum absolute atomic E-state index is 14.5. The molecule has 270 valence electrons. The highest BCUT2D eigenvalue weighted by atomic mass is 16.6. The molecule has 11 nitrogen and oxygen atoms in total. The average molecular weight is 682 g/mol. The third-order valence-corrected chi connectivity index (χ3v) is 9.94. The highest BCUT2D eigenvalue weighted by Gasteiger charge is 2.69. The fourth-order valence-corrected chi connectivity index (χ4v) is 7.55. The number of alkyl carbamates (subject to hydrolysis) is 1. The number of ether oxygens (including phenoxy) is 2. The summed E-state index contributed by atoms with van der Waals surface area (Å²) in [5.41, 5.74) is 0.622. The zero-order valence-electron chi connectivity index (χ0n) is 30.6. The van der Waals surface area contributed by atoms with Crippen molar-refractivity contribution in [2.75, 3.05) is 6.54 Å². The lowest BCUT2D eigenvalue weighted by Crippen LogP contribution is -2.59. The number of rotatable bonds is 13. The lowest BCUT2D eigenvalue weighted by molar-refractivity contribution is -0.155. The fourth-order valence-electron chi connectivity index (χ4n) is 7.55. The van der Waals surface area contributed by atoms with Crippen molar-refractivity contribution in [3.8, 4) is 0 Å². The van der Waals surface area contributed by atoms with E-state index in [0.717, 1.165) is 11.1 Å². The Morgan fingerprint density at radius 3 is 2.04 bits per heavy atom. The average Bonchev–Trinajstić information content (AvgIpc) is 3.33. The molecule has 1 saturated heterocycles. The number of piperidine rings is 1. The van der Waals surface area contributed by atoms with Gasteiger partial charge in [-0.2, -0.15) is 0 Å². The molecule has 5 atom stereocenters. The number of carbonyl (C=O) groups is 6. The topological polar surface area (TPSA) is 148 Å². The van der Waals surface area contributed by atoms with E-state index in [9.17, 15) is 28.8 Å². The molecule has 1 saturated carbocycles. The second-order valence-electron chi connectivity index (χ2n) is 16.5. The van der Waals surface area contributed by atoms with Crippen molar-refractivity contribution in [2.45, 2.75) is 137 Å². The number of nitrogens with one attached hydrogen (secondary N) is 2. The van der Waals surface area contributed by atoms with Crippen LogP contribution in [0.5, 0.6) is 0 Å². The summed E-state index contributed by atoms with van der Waals surface area (Å²) < 4.78 is 10.8. The number of likely N-dealkylation sites (tertiary alicyclic amines) is 1. The first-order valence-corrected chi connectivity index (χ1v) is 17.7. The first-order chi connectivity index (χ1) is 22.7. The van der Waals surface area contributed by atoms with E-state index in [1.165, 1.54) is 0 Å². The number of esters is 1. The predicted octanol–water partition coefficient (Wildman–Crippen LogP) is 4.71. The molecule has 0 spiro atoms. The minimum atomic E-state index is -1.05. The van der Waals surface area contributed by atoms with Crippen LogP contribution in [-0.2, 0) is 46.3 Å². The van der Waals surface area contributed by atoms with E-state index in [0.29, 0.717) is 25.8 Å². The van der Waals surface area contributed by atoms with Gasteiger partial charge in [0.25, 0.3) is 0 Å². The Bertz CT molecular complexity index is 1430. The smallest absolute Gasteiger partial charge is 0.408 e. The van der Waals surface area contributed by atoms with Crippen LogP contribution < -0.4 is 10.6 Å². The largest absolute Gasteiger partial charge is 0.460 e. The van der Waals surface area contributed by atoms with Crippen LogP contribution in [0.15, 0.2) is 24.3 Å². The van der Waals surface area contributed by atoms with Crippen molar-refractivity contribution in [3.05, 3.63) is 35.4 Å². The van der Waals surface area contributed by atoms with Gasteiger partial charge in [-0.1, -0.05) is 51.5 Å². The lowest BCUT2D eigenvalue weighted by atomic mass is 9.93. The molecule has 0 bridgehead atoms. The summed E-state index contributed by atoms with van der Waals surface area (Å²) in [6.45, 7) is 16.9. The summed E-state index contributed by atoms with van der Waals surface area (Å²) in [5, 5.41) is 5.69. The van der Waals surface area contributed by atoms with E-state index in [-0.39, 0.29) is 54.8 Å². The second kappa shape index (κ2) is 14.6. The van der Waals surface area contributed by atoms with Crippen LogP contribution in [0.1, 0.15) is 106 Å². The molecule has 1 heterocycles. The van der Waals surface area contributed by atoms with Gasteiger partial charge >= 0.3 is 12.1 Å². The second-order valence-corrected chi connectivity index (χ2v) is 16.5. The number of carbonyl (C=O) groups excluding carboxylic acids is 6. The Morgan fingerprint density at radius 1 is 0.898 bits per heavy atom. The van der Waals surface area contributed by atoms with Crippen LogP contribution in [0.2, 0.25) is 0 Å². The number of hydrogen-bond donors (Lipinski definition) is 2. The van der Waals surface area contributed by atoms with Crippen LogP contribution in [-0.4, -0.2) is 76.2 Å². The summed E-state index contributed by atoms with van der Waals surface area (Å²) in [7, 11) is 0. The number of hydrogen-bond acceptors (Lipinski definition) is 8. The van der Waals surface area contributed by atoms with Gasteiger partial charge in [0.05, 0.1) is 6.04 Å². The van der Waals surface area contributed by atoms with E-state index in [1.54, 1.807) is 46.4 Å². The predicted molar refractivity (Wildman–Crippen MR) is 183 cm³/mol. The molecule has 11 heteroatoms. The first kappa shape index (κ1) is 38.0. The quantitative estimate of drug-likeness (QED) is 0.225. The van der Waals surface area contributed by atoms with Crippen LogP contribution in [0.4, 0.5) is 4.79 Å². The van der Waals surface area contributed by atoms with Gasteiger partial charge in [0, 0.05) is 19.4 Å². The SMILES string of the molecule is CCCC(NC(=O)C1C2C(CN1C(=O)C(NC(=O)OC(C)(C)C)C1Cc3ccccc3C1)C2(C)C)C(=O)C(=O)CCCC(=O)OC(C)(C)C. The highest BCUT2D eigenvalue weighted by molar-refractivity contribution is 6.39. The number of benzene rings is 1. The molecule has 0 aromatic heterocycles. The zero-order chi connectivity index (χ0) is 36.5. The zero-order valence-corrected chi connectivity index (χ0v) is 30.6. The summed E-state index contributed by atoms with van der Waals surface area (Å²) >= 11 is 0. The molecule has 4 rings (SSSR count). The molecule has 0 radical (unpaired) electrons. The van der Waals surface area contributed by atoms with Crippen LogP contribution in [0, 0.1) is 23.2 Å². The number of Topliss-reactive ketones (excluding diaryl/α,β-unsaturated/α-hetero) is 2. The minimum Gasteiger partial charge on any atom is -0.460 e. The van der Waals surface area contributed by atoms with Gasteiger partial charge in [-0.3, -0.25) is 24.0 Å². The van der Waals surface area contributed by atoms with Crippen molar-refractivity contribution in [3.63, 3.8) is 0 Å². The van der Waals surface area contributed by atoms with Gasteiger partial charge in [-0.25, -0.2) is 4.79 Å². The van der Waals surface area contributed by atoms with E-state index >= 15 is 0 Å². The molecule has 5 unspecified atom stereocenters. The van der Waals surface area contributed by atoms with Gasteiger partial charge in [-0.05, 0) is 102 Å². The summed E-state index contributed by atoms with van der Waals surface area (Å²) in [5.74, 6) is -2.96. The Balaban J connectivity index is 1.50. The van der Waals surface area contributed by atoms with Crippen molar-refractivity contribution in [1.82, 2.24) is 15.5 Å². The van der Waals surface area contributed by atoms with Crippen molar-refractivity contribution >= 4 is 35.4 Å². The van der Waals surface area contributed by atoms with Crippen LogP contribution in [0.3, 0.4) is 0 Å². The number of ketones is 2. The Kier molecular flexibility index (Phi) is 11.3. The highest BCUT2D eigenvalue weighted by Crippen LogP contribution is 2.65. The molecular formula is C38H55N3O8. The molecule has 2 N–H and O–H groups in total. The number of nitrogens with zero attached hydrogens (tertiary/aromatic N) is 1. The maximum atomic E-state index is 14.5. The van der Waals surface area contributed by atoms with Gasteiger partial charge in [-0.15, -0.1) is 0 Å². The van der Waals surface area contributed by atoms with Crippen LogP contribution in [0.25, 0.3) is 0 Å². The Labute approximate surface area is 290 Å². The molecule has 1 aliphatic heterocycles. The summed E-state index contributed by atoms with van der Waals surface area (Å²) in [6, 6.07) is 5.11. The molecule has 2 aliphatic carbocycles. The molecule has 3 amide bonds. The van der Waals surface area contributed by atoms with Gasteiger partial charge < -0.3 is 25.0 Å². The van der Waals surface area contributed by atoms with Gasteiger partial charge in [0.2, 0.25) is 23.4 Å². The third kappa shape index (κ3) is 9.28.